The molecule has 11 heteroatoms. The van der Waals surface area contributed by atoms with Gasteiger partial charge in [-0.05, 0) is 0 Å². The van der Waals surface area contributed by atoms with Crippen molar-refractivity contribution < 1.29 is 44.2 Å². The van der Waals surface area contributed by atoms with Crippen LogP contribution < -0.4 is 28.4 Å². The molecular weight excluding hydrogens is 615 g/mol. The van der Waals surface area contributed by atoms with Gasteiger partial charge in [0.1, 0.15) is 0 Å². The van der Waals surface area contributed by atoms with E-state index >= 15 is 0 Å². The quantitative estimate of drug-likeness (QED) is 0.206. The van der Waals surface area contributed by atoms with E-state index in [2.05, 4.69) is 0 Å². The van der Waals surface area contributed by atoms with Crippen LogP contribution in [0.3, 0.4) is 0 Å². The van der Waals surface area contributed by atoms with Crippen molar-refractivity contribution in [2.24, 2.45) is 0 Å². The summed E-state index contributed by atoms with van der Waals surface area (Å²) in [4.78, 5) is 27.3. The molecular formula is C28H40O10Sn. The van der Waals surface area contributed by atoms with Crippen LogP contribution in [0, 0.1) is 0 Å². The molecule has 0 saturated heterocycles. The minimum absolute atomic E-state index is 0.156. The molecule has 0 atom stereocenters. The molecule has 0 fully saturated rings. The second kappa shape index (κ2) is 15.5. The van der Waals surface area contributed by atoms with Gasteiger partial charge in [-0.1, -0.05) is 0 Å². The maximum atomic E-state index is 13.7. The van der Waals surface area contributed by atoms with Gasteiger partial charge in [0.15, 0.2) is 0 Å². The normalized spacial score (nSPS) is 10.9. The number of hydrogen-bond acceptors (Lipinski definition) is 10. The summed E-state index contributed by atoms with van der Waals surface area (Å²) in [6, 6.07) is 6.14. The first-order valence-corrected chi connectivity index (χ1v) is 19.2. The Morgan fingerprint density at radius 1 is 0.538 bits per heavy atom. The Kier molecular flexibility index (Phi) is 12.8. The van der Waals surface area contributed by atoms with Crippen LogP contribution in [-0.2, 0) is 6.15 Å². The van der Waals surface area contributed by atoms with E-state index in [0.29, 0.717) is 31.9 Å². The molecule has 0 aromatic heterocycles. The Morgan fingerprint density at radius 2 is 0.846 bits per heavy atom. The van der Waals surface area contributed by atoms with Crippen LogP contribution in [0.15, 0.2) is 24.3 Å². The summed E-state index contributed by atoms with van der Waals surface area (Å²) in [5.74, 6) is 0.758. The summed E-state index contributed by atoms with van der Waals surface area (Å²) in [5, 5.41) is 0. The molecule has 0 saturated carbocycles. The van der Waals surface area contributed by atoms with Gasteiger partial charge in [0.2, 0.25) is 0 Å². The summed E-state index contributed by atoms with van der Waals surface area (Å²) >= 11 is -4.43. The first-order valence-electron chi connectivity index (χ1n) is 12.8. The standard InChI is InChI=1S/2C10H12O5.2C4H9.Sn/c2*1-13-7-5-9(15-3)8(14-2)4-6(7)10(11)12;2*1-3-4-2;/h2*4-5H,1-3H3,(H,11,12);2*1,3-4H2,2H3;/q;;;;+2/p-2. The van der Waals surface area contributed by atoms with Gasteiger partial charge in [-0.25, -0.2) is 0 Å². The van der Waals surface area contributed by atoms with Gasteiger partial charge in [-0.3, -0.25) is 0 Å². The Hall–Kier alpha value is -3.02. The van der Waals surface area contributed by atoms with Crippen molar-refractivity contribution in [1.82, 2.24) is 0 Å². The topological polar surface area (TPSA) is 108 Å². The van der Waals surface area contributed by atoms with Crippen LogP contribution >= 0.6 is 0 Å². The molecule has 0 N–H and O–H groups in total. The maximum absolute atomic E-state index is 13.7. The van der Waals surface area contributed by atoms with Crippen LogP contribution in [-0.4, -0.2) is 73.8 Å². The summed E-state index contributed by atoms with van der Waals surface area (Å²) in [6.07, 6.45) is 3.18. The van der Waals surface area contributed by atoms with Crippen molar-refractivity contribution in [2.45, 2.75) is 48.4 Å². The third kappa shape index (κ3) is 8.00. The van der Waals surface area contributed by atoms with Crippen LogP contribution in [0.1, 0.15) is 60.2 Å². The number of benzene rings is 2. The number of carbonyl (C=O) groups excluding carboxylic acids is 2. The predicted octanol–water partition coefficient (Wildman–Crippen LogP) is 5.79. The van der Waals surface area contributed by atoms with Crippen molar-refractivity contribution in [3.8, 4) is 34.5 Å². The summed E-state index contributed by atoms with van der Waals surface area (Å²) in [6.45, 7) is 4.07. The summed E-state index contributed by atoms with van der Waals surface area (Å²) in [7, 11) is 8.84. The van der Waals surface area contributed by atoms with Crippen LogP contribution in [0.4, 0.5) is 0 Å². The molecule has 216 valence electrons. The molecule has 0 aliphatic rings. The van der Waals surface area contributed by atoms with E-state index in [1.165, 1.54) is 54.8 Å². The fourth-order valence-electron chi connectivity index (χ4n) is 4.07. The molecule has 39 heavy (non-hydrogen) atoms. The summed E-state index contributed by atoms with van der Waals surface area (Å²) in [5.41, 5.74) is 0.313. The van der Waals surface area contributed by atoms with E-state index in [9.17, 15) is 9.59 Å². The van der Waals surface area contributed by atoms with Crippen LogP contribution in [0.2, 0.25) is 8.87 Å². The number of ether oxygens (including phenoxy) is 6. The molecule has 0 aliphatic heterocycles. The number of rotatable bonds is 16. The Morgan fingerprint density at radius 3 is 1.13 bits per heavy atom. The molecule has 0 aliphatic carbocycles. The predicted molar refractivity (Wildman–Crippen MR) is 148 cm³/mol. The van der Waals surface area contributed by atoms with Gasteiger partial charge >= 0.3 is 236 Å². The third-order valence-corrected chi connectivity index (χ3v) is 15.8. The first kappa shape index (κ1) is 32.2. The monoisotopic (exact) mass is 656 g/mol. The molecule has 0 amide bonds. The van der Waals surface area contributed by atoms with E-state index in [4.69, 9.17) is 34.6 Å². The molecule has 0 radical (unpaired) electrons. The van der Waals surface area contributed by atoms with E-state index < -0.39 is 31.1 Å². The van der Waals surface area contributed by atoms with E-state index in [0.717, 1.165) is 25.7 Å². The molecule has 10 nitrogen and oxygen atoms in total. The Labute approximate surface area is 235 Å². The van der Waals surface area contributed by atoms with Crippen molar-refractivity contribution in [2.75, 3.05) is 42.7 Å². The van der Waals surface area contributed by atoms with Gasteiger partial charge in [0.05, 0.1) is 0 Å². The molecule has 0 bridgehead atoms. The molecule has 2 rings (SSSR count). The average molecular weight is 655 g/mol. The Balaban J connectivity index is 2.56. The van der Waals surface area contributed by atoms with Gasteiger partial charge in [0, 0.05) is 0 Å². The minimum atomic E-state index is -4.43. The van der Waals surface area contributed by atoms with Crippen molar-refractivity contribution in [3.05, 3.63) is 35.4 Å². The van der Waals surface area contributed by atoms with Crippen molar-refractivity contribution >= 4 is 31.1 Å². The average Bonchev–Trinajstić information content (AvgIpc) is 2.97. The second-order valence-electron chi connectivity index (χ2n) is 8.71. The Bertz CT molecular complexity index is 1030. The molecule has 0 heterocycles. The number of hydrogen-bond donors (Lipinski definition) is 0. The molecule has 0 spiro atoms. The van der Waals surface area contributed by atoms with Crippen molar-refractivity contribution in [1.29, 1.82) is 0 Å². The molecule has 2 aromatic carbocycles. The zero-order valence-electron chi connectivity index (χ0n) is 24.1. The molecule has 0 unspecified atom stereocenters. The number of carbonyl (C=O) groups is 2. The van der Waals surface area contributed by atoms with Gasteiger partial charge < -0.3 is 0 Å². The van der Waals surface area contributed by atoms with Gasteiger partial charge in [0.25, 0.3) is 0 Å². The second-order valence-corrected chi connectivity index (χ2v) is 17.9. The fourth-order valence-corrected chi connectivity index (χ4v) is 13.7. The van der Waals surface area contributed by atoms with Crippen LogP contribution in [0.5, 0.6) is 34.5 Å². The van der Waals surface area contributed by atoms with E-state index in [1.54, 1.807) is 12.1 Å². The zero-order valence-corrected chi connectivity index (χ0v) is 27.0. The van der Waals surface area contributed by atoms with Gasteiger partial charge in [-0.15, -0.1) is 0 Å². The SMILES string of the molecule is CCC[CH2][Sn]([CH2]CCC)([O]C(=O)c1cc(OC)c(OC)cc1OC)[O]C(=O)c1cc(OC)c(OC)cc1OC. The first-order chi connectivity index (χ1) is 18.8. The van der Waals surface area contributed by atoms with E-state index in [-0.39, 0.29) is 22.6 Å². The fraction of sp³-hybridized carbons (Fsp3) is 0.500. The number of unbranched alkanes of at least 4 members (excludes halogenated alkanes) is 2. The summed E-state index contributed by atoms with van der Waals surface area (Å²) < 4.78 is 45.9. The van der Waals surface area contributed by atoms with Gasteiger partial charge in [-0.2, -0.15) is 0 Å². The van der Waals surface area contributed by atoms with Crippen LogP contribution in [0.25, 0.3) is 0 Å². The molecule has 2 aromatic rings. The third-order valence-electron chi connectivity index (χ3n) is 6.23. The van der Waals surface area contributed by atoms with E-state index in [1.807, 2.05) is 13.8 Å². The number of methoxy groups -OCH3 is 6. The van der Waals surface area contributed by atoms with Crippen molar-refractivity contribution in [3.63, 3.8) is 0 Å². The zero-order chi connectivity index (χ0) is 29.0.